The largest absolute Gasteiger partial charge is 0.487 e. The average molecular weight is 456 g/mol. The number of rotatable bonds is 5. The van der Waals surface area contributed by atoms with Gasteiger partial charge in [-0.05, 0) is 44.7 Å². The van der Waals surface area contributed by atoms with Gasteiger partial charge in [-0.2, -0.15) is 0 Å². The van der Waals surface area contributed by atoms with Gasteiger partial charge in [0, 0.05) is 17.2 Å². The van der Waals surface area contributed by atoms with Crippen molar-refractivity contribution in [2.45, 2.75) is 70.8 Å². The number of carbonyl (C=O) groups excluding carboxylic acids is 2. The number of amides is 1. The van der Waals surface area contributed by atoms with E-state index in [1.807, 2.05) is 36.4 Å². The highest BCUT2D eigenvalue weighted by atomic mass is 16.7. The molecule has 33 heavy (non-hydrogen) atoms. The van der Waals surface area contributed by atoms with E-state index in [2.05, 4.69) is 15.3 Å². The summed E-state index contributed by atoms with van der Waals surface area (Å²) >= 11 is 0. The van der Waals surface area contributed by atoms with Crippen molar-refractivity contribution in [1.82, 2.24) is 5.32 Å². The van der Waals surface area contributed by atoms with Gasteiger partial charge in [0.25, 0.3) is 0 Å². The van der Waals surface area contributed by atoms with Crippen LogP contribution in [-0.4, -0.2) is 48.2 Å². The third kappa shape index (κ3) is 6.06. The van der Waals surface area contributed by atoms with Crippen LogP contribution in [0.15, 0.2) is 47.6 Å². The lowest BCUT2D eigenvalue weighted by atomic mass is 9.95. The Bertz CT molecular complexity index is 1060. The minimum Gasteiger partial charge on any atom is -0.487 e. The zero-order valence-corrected chi connectivity index (χ0v) is 19.2. The first-order valence-corrected chi connectivity index (χ1v) is 10.6. The Kier molecular flexibility index (Phi) is 7.30. The van der Waals surface area contributed by atoms with Gasteiger partial charge in [0.2, 0.25) is 6.29 Å². The number of fused-ring (bicyclic) bond motifs is 1. The van der Waals surface area contributed by atoms with Crippen LogP contribution >= 0.6 is 0 Å². The lowest BCUT2D eigenvalue weighted by Gasteiger charge is -2.43. The van der Waals surface area contributed by atoms with Crippen LogP contribution in [0.3, 0.4) is 0 Å². The molecular weight excluding hydrogens is 428 g/mol. The number of ether oxygens (including phenoxy) is 4. The molecule has 1 aliphatic rings. The highest BCUT2D eigenvalue weighted by Crippen LogP contribution is 2.32. The molecule has 0 unspecified atom stereocenters. The summed E-state index contributed by atoms with van der Waals surface area (Å²) in [5, 5.41) is 8.33. The van der Waals surface area contributed by atoms with Crippen LogP contribution in [0.4, 0.5) is 4.79 Å². The lowest BCUT2D eigenvalue weighted by Crippen LogP contribution is -2.65. The highest BCUT2D eigenvalue weighted by Gasteiger charge is 2.48. The molecule has 0 aromatic heterocycles. The summed E-state index contributed by atoms with van der Waals surface area (Å²) in [6.07, 6.45) is -3.53. The zero-order valence-electron chi connectivity index (χ0n) is 19.2. The van der Waals surface area contributed by atoms with Crippen LogP contribution in [0.5, 0.6) is 5.75 Å². The summed E-state index contributed by atoms with van der Waals surface area (Å²) in [4.78, 5) is 27.3. The Morgan fingerprint density at radius 2 is 1.85 bits per heavy atom. The summed E-state index contributed by atoms with van der Waals surface area (Å²) in [5.74, 6) is -0.0859. The lowest BCUT2D eigenvalue weighted by molar-refractivity contribution is -0.225. The highest BCUT2D eigenvalue weighted by molar-refractivity contribution is 5.88. The van der Waals surface area contributed by atoms with Gasteiger partial charge in [-0.3, -0.25) is 4.79 Å². The van der Waals surface area contributed by atoms with Crippen molar-refractivity contribution in [3.8, 4) is 5.75 Å². The van der Waals surface area contributed by atoms with E-state index in [9.17, 15) is 15.1 Å². The van der Waals surface area contributed by atoms with Crippen molar-refractivity contribution >= 4 is 22.8 Å². The Hall–Kier alpha value is -3.49. The van der Waals surface area contributed by atoms with Crippen LogP contribution in [0, 0.1) is 0 Å². The summed E-state index contributed by atoms with van der Waals surface area (Å²) in [5.41, 5.74) is 8.41. The van der Waals surface area contributed by atoms with E-state index < -0.39 is 48.2 Å². The Morgan fingerprint density at radius 3 is 2.52 bits per heavy atom. The van der Waals surface area contributed by atoms with Crippen molar-refractivity contribution in [3.63, 3.8) is 0 Å². The fourth-order valence-electron chi connectivity index (χ4n) is 3.68. The van der Waals surface area contributed by atoms with Crippen LogP contribution in [0.1, 0.15) is 34.6 Å². The first-order valence-electron chi connectivity index (χ1n) is 10.6. The maximum absolute atomic E-state index is 12.6. The normalized spacial score (nSPS) is 24.9. The summed E-state index contributed by atoms with van der Waals surface area (Å²) in [6.45, 7) is 8.09. The number of alkyl carbamates (subject to hydrolysis) is 1. The van der Waals surface area contributed by atoms with E-state index in [-0.39, 0.29) is 0 Å². The predicted molar refractivity (Wildman–Crippen MR) is 121 cm³/mol. The average Bonchev–Trinajstić information content (AvgIpc) is 2.72. The van der Waals surface area contributed by atoms with Crippen LogP contribution in [0.25, 0.3) is 21.2 Å². The molecule has 2 aromatic carbocycles. The quantitative estimate of drug-likeness (QED) is 0.306. The van der Waals surface area contributed by atoms with Gasteiger partial charge in [0.15, 0.2) is 0 Å². The van der Waals surface area contributed by atoms with Gasteiger partial charge in [-0.15, -0.1) is 0 Å². The van der Waals surface area contributed by atoms with Crippen molar-refractivity contribution < 1.29 is 28.5 Å². The molecule has 0 saturated carbocycles. The summed E-state index contributed by atoms with van der Waals surface area (Å²) in [7, 11) is 0. The molecule has 2 aromatic rings. The summed E-state index contributed by atoms with van der Waals surface area (Å²) < 4.78 is 22.9. The monoisotopic (exact) mass is 456 g/mol. The summed E-state index contributed by atoms with van der Waals surface area (Å²) in [6, 6.07) is 11.3. The van der Waals surface area contributed by atoms with E-state index in [1.54, 1.807) is 33.8 Å². The number of esters is 1. The minimum atomic E-state index is -1.19. The van der Waals surface area contributed by atoms with Gasteiger partial charge in [0.1, 0.15) is 29.5 Å². The van der Waals surface area contributed by atoms with E-state index in [4.69, 9.17) is 18.9 Å². The molecule has 1 saturated heterocycles. The minimum absolute atomic E-state index is 0.517. The molecule has 3 rings (SSSR count). The molecule has 1 aliphatic heterocycles. The SMILES string of the molecule is CC(=O)O[C@H]1O[C@H](C)[C@H](N=[N+]=[N-])[C@H](Oc2cccc3ccccc23)[C@H]1NC(=O)OC(C)(C)C. The number of azide groups is 1. The Balaban J connectivity index is 2.03. The third-order valence-electron chi connectivity index (χ3n) is 4.98. The molecule has 0 radical (unpaired) electrons. The molecule has 1 fully saturated rings. The second-order valence-electron chi connectivity index (χ2n) is 8.75. The fourth-order valence-corrected chi connectivity index (χ4v) is 3.68. The first kappa shape index (κ1) is 24.2. The Morgan fingerprint density at radius 1 is 1.15 bits per heavy atom. The van der Waals surface area contributed by atoms with Crippen LogP contribution in [0.2, 0.25) is 0 Å². The van der Waals surface area contributed by atoms with Crippen molar-refractivity contribution in [2.75, 3.05) is 0 Å². The molecule has 0 spiro atoms. The predicted octanol–water partition coefficient (Wildman–Crippen LogP) is 4.47. The smallest absolute Gasteiger partial charge is 0.408 e. The zero-order chi connectivity index (χ0) is 24.2. The maximum Gasteiger partial charge on any atom is 0.408 e. The number of carbonyl (C=O) groups is 2. The topological polar surface area (TPSA) is 132 Å². The van der Waals surface area contributed by atoms with Crippen molar-refractivity contribution in [1.29, 1.82) is 0 Å². The molecule has 0 aliphatic carbocycles. The molecule has 10 nitrogen and oxygen atoms in total. The van der Waals surface area contributed by atoms with E-state index in [0.29, 0.717) is 5.75 Å². The van der Waals surface area contributed by atoms with Crippen LogP contribution < -0.4 is 10.1 Å². The van der Waals surface area contributed by atoms with Gasteiger partial charge in [0.05, 0.1) is 6.10 Å². The number of nitrogens with zero attached hydrogens (tertiary/aromatic N) is 3. The molecule has 5 atom stereocenters. The second kappa shape index (κ2) is 9.97. The van der Waals surface area contributed by atoms with Crippen molar-refractivity contribution in [2.24, 2.45) is 5.11 Å². The molecule has 0 bridgehead atoms. The molecule has 1 amide bonds. The molecule has 1 heterocycles. The van der Waals surface area contributed by atoms with E-state index >= 15 is 0 Å². The molecular formula is C23H28N4O6. The number of hydrogen-bond donors (Lipinski definition) is 1. The van der Waals surface area contributed by atoms with Gasteiger partial charge < -0.3 is 24.3 Å². The van der Waals surface area contributed by atoms with Gasteiger partial charge in [-0.1, -0.05) is 41.5 Å². The molecule has 1 N–H and O–H groups in total. The van der Waals surface area contributed by atoms with Gasteiger partial charge in [-0.25, -0.2) is 4.79 Å². The maximum atomic E-state index is 12.6. The van der Waals surface area contributed by atoms with E-state index in [0.717, 1.165) is 10.8 Å². The first-order chi connectivity index (χ1) is 15.6. The molecule has 10 heteroatoms. The second-order valence-corrected chi connectivity index (χ2v) is 8.75. The van der Waals surface area contributed by atoms with Crippen LogP contribution in [-0.2, 0) is 19.0 Å². The number of nitrogens with one attached hydrogen (secondary N) is 1. The Labute approximate surface area is 191 Å². The van der Waals surface area contributed by atoms with Crippen molar-refractivity contribution in [3.05, 3.63) is 52.9 Å². The van der Waals surface area contributed by atoms with E-state index in [1.165, 1.54) is 6.92 Å². The number of benzene rings is 2. The third-order valence-corrected chi connectivity index (χ3v) is 4.98. The standard InChI is InChI=1S/C23H28N4O6/c1-13-18(26-27-24)20(32-17-12-8-10-15-9-6-7-11-16(15)17)19(21(30-13)31-14(2)28)25-22(29)33-23(3,4)5/h6-13,18-21H,1-5H3,(H,25,29)/t13-,18+,19-,20+,21-/m1/s1. The number of hydrogen-bond acceptors (Lipinski definition) is 7. The molecule has 176 valence electrons. The van der Waals surface area contributed by atoms with Gasteiger partial charge >= 0.3 is 12.1 Å². The fraction of sp³-hybridized carbons (Fsp3) is 0.478.